The van der Waals surface area contributed by atoms with Crippen molar-refractivity contribution in [3.63, 3.8) is 0 Å². The summed E-state index contributed by atoms with van der Waals surface area (Å²) in [6.07, 6.45) is 1.88. The summed E-state index contributed by atoms with van der Waals surface area (Å²) in [6, 6.07) is 21.3. The fraction of sp³-hybridized carbons (Fsp3) is 0.421. The van der Waals surface area contributed by atoms with Crippen molar-refractivity contribution in [1.29, 1.82) is 0 Å². The number of fused-ring (bicyclic) bond motifs is 2. The molecule has 2 amide bonds. The molecule has 1 aliphatic carbocycles. The van der Waals surface area contributed by atoms with E-state index in [2.05, 4.69) is 19.1 Å². The van der Waals surface area contributed by atoms with Crippen molar-refractivity contribution in [3.05, 3.63) is 99.6 Å². The van der Waals surface area contributed by atoms with E-state index in [4.69, 9.17) is 21.1 Å². The molecule has 0 bridgehead atoms. The molecule has 3 unspecified atom stereocenters. The fourth-order valence-corrected chi connectivity index (χ4v) is 6.73. The molecule has 0 spiro atoms. The predicted octanol–water partition coefficient (Wildman–Crippen LogP) is 8.19. The third-order valence-electron chi connectivity index (χ3n) is 9.08. The SMILES string of the molecule is Cc1ccc(OC(=O)N2CCC3=C(CCC(C)c4ccc(Cl)cc43)C2c2ccc(OCCC(O)CN(C)C(=O)C(C)C)cc2)cc1. The van der Waals surface area contributed by atoms with Gasteiger partial charge < -0.3 is 19.5 Å². The van der Waals surface area contributed by atoms with Crippen LogP contribution in [0.4, 0.5) is 4.79 Å². The molecule has 1 N–H and O–H groups in total. The van der Waals surface area contributed by atoms with E-state index in [1.54, 1.807) is 11.9 Å². The molecule has 46 heavy (non-hydrogen) atoms. The highest BCUT2D eigenvalue weighted by molar-refractivity contribution is 6.30. The van der Waals surface area contributed by atoms with Crippen LogP contribution < -0.4 is 9.47 Å². The number of carbonyl (C=O) groups excluding carboxylic acids is 2. The molecule has 0 radical (unpaired) electrons. The second-order valence-electron chi connectivity index (χ2n) is 12.9. The Balaban J connectivity index is 1.38. The first-order chi connectivity index (χ1) is 22.0. The maximum Gasteiger partial charge on any atom is 0.416 e. The monoisotopic (exact) mass is 644 g/mol. The van der Waals surface area contributed by atoms with E-state index in [9.17, 15) is 14.7 Å². The Kier molecular flexibility index (Phi) is 10.7. The smallest absolute Gasteiger partial charge is 0.416 e. The number of hydrogen-bond donors (Lipinski definition) is 1. The number of hydrogen-bond acceptors (Lipinski definition) is 5. The van der Waals surface area contributed by atoms with Crippen molar-refractivity contribution in [2.24, 2.45) is 5.92 Å². The zero-order chi connectivity index (χ0) is 33.0. The van der Waals surface area contributed by atoms with Gasteiger partial charge in [0.25, 0.3) is 0 Å². The summed E-state index contributed by atoms with van der Waals surface area (Å²) in [7, 11) is 1.71. The van der Waals surface area contributed by atoms with E-state index in [0.29, 0.717) is 42.0 Å². The number of likely N-dealkylation sites (N-methyl/N-ethyl adjacent to an activating group) is 1. The van der Waals surface area contributed by atoms with Crippen LogP contribution in [0.2, 0.25) is 5.02 Å². The second-order valence-corrected chi connectivity index (χ2v) is 13.4. The van der Waals surface area contributed by atoms with Gasteiger partial charge in [-0.3, -0.25) is 9.69 Å². The zero-order valence-electron chi connectivity index (χ0n) is 27.5. The highest BCUT2D eigenvalue weighted by atomic mass is 35.5. The Hall–Kier alpha value is -3.81. The number of ether oxygens (including phenoxy) is 2. The molecule has 1 aliphatic heterocycles. The normalized spacial score (nSPS) is 18.4. The van der Waals surface area contributed by atoms with E-state index in [-0.39, 0.29) is 30.5 Å². The number of nitrogens with zero attached hydrogens (tertiary/aromatic N) is 2. The molecule has 3 aromatic carbocycles. The molecule has 5 rings (SSSR count). The summed E-state index contributed by atoms with van der Waals surface area (Å²) in [5, 5.41) is 11.2. The van der Waals surface area contributed by atoms with Crippen LogP contribution in [0.1, 0.15) is 80.7 Å². The van der Waals surface area contributed by atoms with E-state index in [0.717, 1.165) is 30.4 Å². The highest BCUT2D eigenvalue weighted by Crippen LogP contribution is 2.48. The number of halogens is 1. The summed E-state index contributed by atoms with van der Waals surface area (Å²) < 4.78 is 11.9. The largest absolute Gasteiger partial charge is 0.493 e. The summed E-state index contributed by atoms with van der Waals surface area (Å²) in [5.41, 5.74) is 7.05. The lowest BCUT2D eigenvalue weighted by atomic mass is 9.84. The molecular weight excluding hydrogens is 600 g/mol. The van der Waals surface area contributed by atoms with Crippen LogP contribution in [0.15, 0.2) is 72.3 Å². The van der Waals surface area contributed by atoms with Crippen LogP contribution in [-0.2, 0) is 4.79 Å². The van der Waals surface area contributed by atoms with Gasteiger partial charge in [0.05, 0.1) is 18.8 Å². The molecule has 7 nitrogen and oxygen atoms in total. The van der Waals surface area contributed by atoms with Crippen molar-refractivity contribution >= 4 is 29.2 Å². The number of rotatable bonds is 9. The molecule has 2 aliphatic rings. The van der Waals surface area contributed by atoms with E-state index < -0.39 is 6.10 Å². The molecule has 1 heterocycles. The Morgan fingerprint density at radius 1 is 1.02 bits per heavy atom. The molecular formula is C38H45ClN2O5. The van der Waals surface area contributed by atoms with E-state index in [1.165, 1.54) is 22.3 Å². The summed E-state index contributed by atoms with van der Waals surface area (Å²) >= 11 is 6.52. The standard InChI is InChI=1S/C38H45ClN2O5/c1-24(2)37(43)40(5)23-29(42)19-21-45-30-14-9-27(10-15-30)36-34-16-8-26(4)32-17-11-28(39)22-35(32)33(34)18-20-41(36)38(44)46-31-12-6-25(3)7-13-31/h6-7,9-15,17,22,24,26,29,36,42H,8,16,18-21,23H2,1-5H3. The van der Waals surface area contributed by atoms with Gasteiger partial charge in [0.2, 0.25) is 5.91 Å². The maximum absolute atomic E-state index is 13.8. The van der Waals surface area contributed by atoms with Crippen molar-refractivity contribution in [1.82, 2.24) is 9.80 Å². The topological polar surface area (TPSA) is 79.3 Å². The molecule has 0 saturated heterocycles. The summed E-state index contributed by atoms with van der Waals surface area (Å²) in [6.45, 7) is 9.04. The Morgan fingerprint density at radius 2 is 1.72 bits per heavy atom. The van der Waals surface area contributed by atoms with Gasteiger partial charge in [0.1, 0.15) is 11.5 Å². The van der Waals surface area contributed by atoms with Crippen LogP contribution >= 0.6 is 11.6 Å². The first-order valence-corrected chi connectivity index (χ1v) is 16.6. The third-order valence-corrected chi connectivity index (χ3v) is 9.32. The van der Waals surface area contributed by atoms with E-state index >= 15 is 0 Å². The van der Waals surface area contributed by atoms with Gasteiger partial charge in [0, 0.05) is 37.5 Å². The molecule has 244 valence electrons. The van der Waals surface area contributed by atoms with Gasteiger partial charge in [-0.25, -0.2) is 4.79 Å². The van der Waals surface area contributed by atoms with Gasteiger partial charge in [-0.05, 0) is 96.3 Å². The average molecular weight is 645 g/mol. The highest BCUT2D eigenvalue weighted by Gasteiger charge is 2.37. The van der Waals surface area contributed by atoms with Crippen LogP contribution in [0.25, 0.3) is 5.57 Å². The van der Waals surface area contributed by atoms with E-state index in [1.807, 2.05) is 80.3 Å². The Morgan fingerprint density at radius 3 is 2.41 bits per heavy atom. The quantitative estimate of drug-likeness (QED) is 0.254. The van der Waals surface area contributed by atoms with Crippen molar-refractivity contribution in [2.45, 2.75) is 71.4 Å². The number of benzene rings is 3. The van der Waals surface area contributed by atoms with Gasteiger partial charge in [-0.2, -0.15) is 0 Å². The van der Waals surface area contributed by atoms with Gasteiger partial charge >= 0.3 is 6.09 Å². The minimum Gasteiger partial charge on any atom is -0.493 e. The Bertz CT molecular complexity index is 1570. The Labute approximate surface area is 277 Å². The first-order valence-electron chi connectivity index (χ1n) is 16.2. The molecule has 3 aromatic rings. The summed E-state index contributed by atoms with van der Waals surface area (Å²) in [5.74, 6) is 1.45. The van der Waals surface area contributed by atoms with Crippen LogP contribution in [0.3, 0.4) is 0 Å². The van der Waals surface area contributed by atoms with Gasteiger partial charge in [-0.15, -0.1) is 0 Å². The van der Waals surface area contributed by atoms with Crippen LogP contribution in [0.5, 0.6) is 11.5 Å². The molecule has 0 aromatic heterocycles. The lowest BCUT2D eigenvalue weighted by Gasteiger charge is -2.38. The molecule has 3 atom stereocenters. The minimum absolute atomic E-state index is 0.00282. The molecule has 0 fully saturated rings. The predicted molar refractivity (Wildman–Crippen MR) is 182 cm³/mol. The minimum atomic E-state index is -0.679. The van der Waals surface area contributed by atoms with Gasteiger partial charge in [-0.1, -0.05) is 68.3 Å². The second kappa shape index (κ2) is 14.7. The fourth-order valence-electron chi connectivity index (χ4n) is 6.56. The molecule has 8 heteroatoms. The first kappa shape index (κ1) is 33.6. The molecule has 0 saturated carbocycles. The number of aliphatic hydroxyl groups excluding tert-OH is 1. The lowest BCUT2D eigenvalue weighted by Crippen LogP contribution is -2.41. The zero-order valence-corrected chi connectivity index (χ0v) is 28.2. The number of aliphatic hydroxyl groups is 1. The number of carbonyl (C=O) groups is 2. The van der Waals surface area contributed by atoms with Gasteiger partial charge in [0.15, 0.2) is 0 Å². The van der Waals surface area contributed by atoms with Crippen molar-refractivity contribution < 1.29 is 24.2 Å². The lowest BCUT2D eigenvalue weighted by molar-refractivity contribution is -0.134. The summed E-state index contributed by atoms with van der Waals surface area (Å²) in [4.78, 5) is 29.3. The van der Waals surface area contributed by atoms with Crippen LogP contribution in [0, 0.1) is 12.8 Å². The van der Waals surface area contributed by atoms with Crippen molar-refractivity contribution in [3.8, 4) is 11.5 Å². The average Bonchev–Trinajstić information content (AvgIpc) is 3.17. The maximum atomic E-state index is 13.8. The number of amides is 2. The number of aryl methyl sites for hydroxylation is 1. The third kappa shape index (κ3) is 7.76. The van der Waals surface area contributed by atoms with Crippen molar-refractivity contribution in [2.75, 3.05) is 26.7 Å². The van der Waals surface area contributed by atoms with Crippen LogP contribution in [-0.4, -0.2) is 59.8 Å².